The van der Waals surface area contributed by atoms with Crippen molar-refractivity contribution in [2.75, 3.05) is 9.80 Å². The third kappa shape index (κ3) is 3.80. The van der Waals surface area contributed by atoms with Crippen LogP contribution >= 0.6 is 0 Å². The van der Waals surface area contributed by atoms with E-state index in [1.54, 1.807) is 22.3 Å². The molecule has 6 aliphatic carbocycles. The highest BCUT2D eigenvalue weighted by atomic mass is 15.2. The van der Waals surface area contributed by atoms with Crippen molar-refractivity contribution in [3.63, 3.8) is 0 Å². The van der Waals surface area contributed by atoms with Crippen molar-refractivity contribution >= 4 is 57.2 Å². The van der Waals surface area contributed by atoms with Crippen LogP contribution in [-0.2, 0) is 10.8 Å². The van der Waals surface area contributed by atoms with Crippen molar-refractivity contribution in [1.29, 1.82) is 0 Å². The predicted octanol–water partition coefficient (Wildman–Crippen LogP) is 11.9. The zero-order valence-corrected chi connectivity index (χ0v) is 33.4. The monoisotopic (exact) mass is 756 g/mol. The second-order valence-corrected chi connectivity index (χ2v) is 19.6. The molecule has 2 spiro atoms. The van der Waals surface area contributed by atoms with Gasteiger partial charge >= 0.3 is 0 Å². The Bertz CT molecular complexity index is 2990. The van der Waals surface area contributed by atoms with Crippen LogP contribution in [0.5, 0.6) is 0 Å². The Morgan fingerprint density at radius 3 is 1.66 bits per heavy atom. The van der Waals surface area contributed by atoms with Gasteiger partial charge in [0.2, 0.25) is 0 Å². The Morgan fingerprint density at radius 1 is 0.407 bits per heavy atom. The fourth-order valence-electron chi connectivity index (χ4n) is 15.4. The highest BCUT2D eigenvalue weighted by molar-refractivity contribution is 7.00. The number of nitrogens with zero attached hydrogens (tertiary/aromatic N) is 2. The fourth-order valence-corrected chi connectivity index (χ4v) is 15.4. The molecule has 4 bridgehead atoms. The standard InChI is InChI=1S/C56H45BN2/c1-2-11-38(12-3-1)58-51-19-10-20-52-54(51)57(49-30-43-41-14-5-7-16-45(41)56(47(43)31-53(49)58)33-35-22-24-37(56)28-35)48-17-8-9-18-50(48)59(52)39-25-26-42-40-13-4-6-15-44(40)55(46(42)29-39)32-34-21-23-36(55)27-34/h1-20,25-26,29-31,34-37H,21-24,27-28,32-33H2/t34-,35+,36+,37?,55-,56-/m0/s1. The van der Waals surface area contributed by atoms with Crippen molar-refractivity contribution in [3.05, 3.63) is 174 Å². The van der Waals surface area contributed by atoms with Crippen molar-refractivity contribution < 1.29 is 0 Å². The summed E-state index contributed by atoms with van der Waals surface area (Å²) in [7, 11) is 0. The van der Waals surface area contributed by atoms with Gasteiger partial charge in [0.1, 0.15) is 0 Å². The maximum Gasteiger partial charge on any atom is 0.252 e. The molecule has 2 nitrogen and oxygen atoms in total. The Hall–Kier alpha value is -5.80. The molecule has 7 aromatic carbocycles. The maximum atomic E-state index is 2.69. The third-order valence-electron chi connectivity index (χ3n) is 17.4. The van der Waals surface area contributed by atoms with E-state index >= 15 is 0 Å². The van der Waals surface area contributed by atoms with Crippen molar-refractivity contribution in [2.45, 2.75) is 62.2 Å². The Morgan fingerprint density at radius 2 is 0.983 bits per heavy atom. The lowest BCUT2D eigenvalue weighted by Crippen LogP contribution is -2.61. The summed E-state index contributed by atoms with van der Waals surface area (Å²) in [5, 5.41) is 0. The van der Waals surface area contributed by atoms with Gasteiger partial charge < -0.3 is 9.80 Å². The molecule has 6 atom stereocenters. The van der Waals surface area contributed by atoms with Crippen LogP contribution in [0.15, 0.2) is 152 Å². The highest BCUT2D eigenvalue weighted by Gasteiger charge is 2.59. The summed E-state index contributed by atoms with van der Waals surface area (Å²) in [4.78, 5) is 5.26. The van der Waals surface area contributed by atoms with E-state index < -0.39 is 0 Å². The minimum atomic E-state index is 0.119. The Labute approximate surface area is 347 Å². The van der Waals surface area contributed by atoms with Crippen LogP contribution in [0, 0.1) is 23.7 Å². The molecule has 8 aliphatic rings. The summed E-state index contributed by atoms with van der Waals surface area (Å²) in [6, 6.07) is 59.6. The Balaban J connectivity index is 0.978. The van der Waals surface area contributed by atoms with Gasteiger partial charge in [0, 0.05) is 45.0 Å². The second-order valence-electron chi connectivity index (χ2n) is 19.6. The number of fused-ring (bicyclic) bond motifs is 20. The summed E-state index contributed by atoms with van der Waals surface area (Å²) < 4.78 is 0. The summed E-state index contributed by atoms with van der Waals surface area (Å²) in [5.74, 6) is 3.14. The largest absolute Gasteiger partial charge is 0.311 e. The van der Waals surface area contributed by atoms with Gasteiger partial charge in [-0.1, -0.05) is 116 Å². The van der Waals surface area contributed by atoms with Gasteiger partial charge in [0.15, 0.2) is 0 Å². The average Bonchev–Trinajstić information content (AvgIpc) is 4.17. The zero-order valence-electron chi connectivity index (χ0n) is 33.4. The van der Waals surface area contributed by atoms with E-state index in [1.165, 1.54) is 124 Å². The lowest BCUT2D eigenvalue weighted by molar-refractivity contribution is 0.327. The topological polar surface area (TPSA) is 6.48 Å². The minimum absolute atomic E-state index is 0.119. The van der Waals surface area contributed by atoms with Crippen LogP contribution in [0.4, 0.5) is 34.1 Å². The van der Waals surface area contributed by atoms with Crippen molar-refractivity contribution in [2.24, 2.45) is 23.7 Å². The molecule has 0 saturated heterocycles. The number of para-hydroxylation sites is 2. The molecular weight excluding hydrogens is 711 g/mol. The van der Waals surface area contributed by atoms with E-state index in [1.807, 2.05) is 0 Å². The van der Waals surface area contributed by atoms with Crippen LogP contribution in [0.1, 0.15) is 73.6 Å². The van der Waals surface area contributed by atoms with Crippen molar-refractivity contribution in [1.82, 2.24) is 0 Å². The number of hydrogen-bond acceptors (Lipinski definition) is 2. The van der Waals surface area contributed by atoms with Gasteiger partial charge in [-0.05, 0) is 172 Å². The zero-order chi connectivity index (χ0) is 38.2. The normalized spacial score (nSPS) is 27.5. The molecule has 0 radical (unpaired) electrons. The molecule has 4 fully saturated rings. The van der Waals surface area contributed by atoms with Gasteiger partial charge in [-0.3, -0.25) is 0 Å². The molecule has 4 saturated carbocycles. The van der Waals surface area contributed by atoms with Gasteiger partial charge in [-0.15, -0.1) is 0 Å². The molecule has 2 aliphatic heterocycles. The predicted molar refractivity (Wildman–Crippen MR) is 244 cm³/mol. The first-order valence-electron chi connectivity index (χ1n) is 22.6. The van der Waals surface area contributed by atoms with Crippen molar-refractivity contribution in [3.8, 4) is 22.3 Å². The lowest BCUT2D eigenvalue weighted by atomic mass is 9.33. The lowest BCUT2D eigenvalue weighted by Gasteiger charge is -2.45. The van der Waals surface area contributed by atoms with E-state index in [9.17, 15) is 0 Å². The molecule has 59 heavy (non-hydrogen) atoms. The van der Waals surface area contributed by atoms with E-state index in [0.717, 1.165) is 23.7 Å². The number of hydrogen-bond donors (Lipinski definition) is 0. The van der Waals surface area contributed by atoms with E-state index in [4.69, 9.17) is 0 Å². The molecule has 3 heteroatoms. The molecule has 0 N–H and O–H groups in total. The molecule has 7 aromatic rings. The van der Waals surface area contributed by atoms with Crippen LogP contribution in [0.25, 0.3) is 22.3 Å². The maximum absolute atomic E-state index is 2.69. The van der Waals surface area contributed by atoms with Gasteiger partial charge in [-0.25, -0.2) is 0 Å². The van der Waals surface area contributed by atoms with Crippen LogP contribution in [0.2, 0.25) is 0 Å². The minimum Gasteiger partial charge on any atom is -0.311 e. The first-order chi connectivity index (χ1) is 29.2. The van der Waals surface area contributed by atoms with Gasteiger partial charge in [-0.2, -0.15) is 0 Å². The van der Waals surface area contributed by atoms with Crippen LogP contribution in [0.3, 0.4) is 0 Å². The van der Waals surface area contributed by atoms with Gasteiger partial charge in [0.25, 0.3) is 6.71 Å². The second kappa shape index (κ2) is 11.1. The summed E-state index contributed by atoms with van der Waals surface area (Å²) >= 11 is 0. The van der Waals surface area contributed by atoms with E-state index in [0.29, 0.717) is 0 Å². The first-order valence-corrected chi connectivity index (χ1v) is 22.6. The molecule has 15 rings (SSSR count). The molecule has 282 valence electrons. The SMILES string of the molecule is c1ccc(N2c3cc4c(cc3B3c5ccccc5N(c5ccc6c(c5)[C@]5(C[C@H]7CC[C@@H]5C7)c5ccccc5-6)c5cccc2c53)-c2ccccc2[C@@]42C[C@@H]3CCC2C3)cc1. The van der Waals surface area contributed by atoms with E-state index in [-0.39, 0.29) is 17.5 Å². The highest BCUT2D eigenvalue weighted by Crippen LogP contribution is 2.68. The molecule has 2 heterocycles. The quantitative estimate of drug-likeness (QED) is 0.162. The van der Waals surface area contributed by atoms with Crippen LogP contribution < -0.4 is 26.2 Å². The molecule has 1 unspecified atom stereocenters. The third-order valence-corrected chi connectivity index (χ3v) is 17.4. The summed E-state index contributed by atoms with van der Waals surface area (Å²) in [6.07, 6.45) is 10.9. The molecule has 0 amide bonds. The number of benzene rings is 7. The number of rotatable bonds is 2. The van der Waals surface area contributed by atoms with Gasteiger partial charge in [0.05, 0.1) is 0 Å². The summed E-state index contributed by atoms with van der Waals surface area (Å²) in [5.41, 5.74) is 24.5. The fraction of sp³-hybridized carbons (Fsp3) is 0.250. The summed E-state index contributed by atoms with van der Waals surface area (Å²) in [6.45, 7) is 0.119. The van der Waals surface area contributed by atoms with Crippen LogP contribution in [-0.4, -0.2) is 6.71 Å². The average molecular weight is 757 g/mol. The Kier molecular flexibility index (Phi) is 6.02. The van der Waals surface area contributed by atoms with E-state index in [2.05, 4.69) is 161 Å². The smallest absolute Gasteiger partial charge is 0.252 e. The number of anilines is 6. The molecular formula is C56H45BN2. The first kappa shape index (κ1) is 32.1. The molecule has 0 aromatic heterocycles.